The van der Waals surface area contributed by atoms with E-state index in [-0.39, 0.29) is 32.6 Å². The van der Waals surface area contributed by atoms with E-state index < -0.39 is 32.5 Å². The standard InChI is InChI=1S/C67H112NO8P/c1-3-5-7-9-11-13-15-17-19-21-23-25-27-29-31-32-34-36-38-40-42-44-46-48-50-52-54-56-58-60-67(70)76-65(64-75-77(71,72)74-62-61-68)63-73-66(69)59-57-55-53-51-49-47-45-43-41-39-37-35-33-30-28-26-24-22-20-18-16-14-12-10-8-6-4-2/h5,7,11,13,16-19,22-25,29,31,34,36,40,42,46,48,52,54,65H,3-4,6,8-10,12,14-15,20-21,26-28,30,32-33,35,37-39,41,43-45,47,49-51,53,55-64,68H2,1-2H3,(H,71,72)/b7-5-,13-11-,18-16-,19-17-,24-22-,25-23-,31-29-,36-34-,42-40-,48-46-,54-52-. The Hall–Kier alpha value is -3.85. The maximum atomic E-state index is 12.7. The molecule has 2 unspecified atom stereocenters. The zero-order chi connectivity index (χ0) is 55.9. The minimum atomic E-state index is -4.42. The third-order valence-corrected chi connectivity index (χ3v) is 13.5. The molecule has 0 bridgehead atoms. The average Bonchev–Trinajstić information content (AvgIpc) is 3.42. The van der Waals surface area contributed by atoms with Gasteiger partial charge in [0.1, 0.15) is 6.61 Å². The van der Waals surface area contributed by atoms with Crippen molar-refractivity contribution in [3.05, 3.63) is 134 Å². The summed E-state index contributed by atoms with van der Waals surface area (Å²) in [5.74, 6) is -0.903. The summed E-state index contributed by atoms with van der Waals surface area (Å²) in [7, 11) is -4.42. The van der Waals surface area contributed by atoms with Crippen LogP contribution < -0.4 is 5.73 Å². The summed E-state index contributed by atoms with van der Waals surface area (Å²) in [4.78, 5) is 35.2. The number of hydrogen-bond acceptors (Lipinski definition) is 8. The molecule has 0 aromatic carbocycles. The van der Waals surface area contributed by atoms with E-state index >= 15 is 0 Å². The summed E-state index contributed by atoms with van der Waals surface area (Å²) in [6.45, 7) is 3.55. The molecule has 10 heteroatoms. The fourth-order valence-electron chi connectivity index (χ4n) is 8.02. The molecule has 0 aliphatic heterocycles. The molecular formula is C67H112NO8P. The SMILES string of the molecule is CC/C=C\C/C=C\C/C=C\C/C=C\C/C=C\C/C=C\C/C=C\C/C=C\C/C=C\CCCC(=O)OC(COC(=O)CCCCCCCCCCCCCCCCC/C=C\C/C=C\CCCCCCC)COP(=O)(O)OCCN. The number of ether oxygens (including phenoxy) is 2. The molecule has 0 saturated heterocycles. The van der Waals surface area contributed by atoms with Crippen LogP contribution in [-0.4, -0.2) is 49.3 Å². The first-order chi connectivity index (χ1) is 37.8. The maximum absolute atomic E-state index is 12.7. The van der Waals surface area contributed by atoms with E-state index in [1.807, 2.05) is 6.08 Å². The number of esters is 2. The molecule has 0 aromatic rings. The molecule has 0 rings (SSSR count). The van der Waals surface area contributed by atoms with Crippen molar-refractivity contribution < 1.29 is 37.6 Å². The zero-order valence-corrected chi connectivity index (χ0v) is 49.8. The molecule has 0 aromatic heterocycles. The second-order valence-electron chi connectivity index (χ2n) is 19.8. The van der Waals surface area contributed by atoms with Crippen molar-refractivity contribution >= 4 is 19.8 Å². The molecule has 0 amide bonds. The first kappa shape index (κ1) is 73.2. The van der Waals surface area contributed by atoms with Gasteiger partial charge in [0.2, 0.25) is 0 Å². The van der Waals surface area contributed by atoms with Gasteiger partial charge in [0.15, 0.2) is 6.10 Å². The van der Waals surface area contributed by atoms with Crippen LogP contribution in [0.4, 0.5) is 0 Å². The summed E-state index contributed by atoms with van der Waals surface area (Å²) >= 11 is 0. The zero-order valence-electron chi connectivity index (χ0n) is 48.9. The Morgan fingerprint density at radius 2 is 0.727 bits per heavy atom. The molecule has 0 heterocycles. The molecule has 0 aliphatic rings. The van der Waals surface area contributed by atoms with E-state index in [0.717, 1.165) is 83.5 Å². The Morgan fingerprint density at radius 3 is 1.10 bits per heavy atom. The Morgan fingerprint density at radius 1 is 0.403 bits per heavy atom. The Bertz CT molecular complexity index is 1720. The molecule has 0 aliphatic carbocycles. The van der Waals surface area contributed by atoms with Gasteiger partial charge in [-0.2, -0.15) is 0 Å². The molecule has 0 fully saturated rings. The third-order valence-electron chi connectivity index (χ3n) is 12.5. The molecule has 3 N–H and O–H groups in total. The molecule has 2 atom stereocenters. The average molecular weight is 1090 g/mol. The van der Waals surface area contributed by atoms with E-state index in [1.54, 1.807) is 0 Å². The van der Waals surface area contributed by atoms with Crippen LogP contribution in [0.5, 0.6) is 0 Å². The second kappa shape index (κ2) is 61.4. The van der Waals surface area contributed by atoms with Crippen molar-refractivity contribution in [1.29, 1.82) is 0 Å². The van der Waals surface area contributed by atoms with Gasteiger partial charge < -0.3 is 20.1 Å². The molecule has 0 spiro atoms. The van der Waals surface area contributed by atoms with E-state index in [4.69, 9.17) is 24.3 Å². The van der Waals surface area contributed by atoms with E-state index in [1.165, 1.54) is 122 Å². The normalized spacial score (nSPS) is 14.0. The van der Waals surface area contributed by atoms with Gasteiger partial charge in [0.25, 0.3) is 0 Å². The minimum absolute atomic E-state index is 0.0374. The molecular weight excluding hydrogens is 978 g/mol. The fourth-order valence-corrected chi connectivity index (χ4v) is 8.79. The maximum Gasteiger partial charge on any atom is 0.472 e. The Kier molecular flexibility index (Phi) is 58.3. The van der Waals surface area contributed by atoms with E-state index in [9.17, 15) is 19.0 Å². The first-order valence-corrected chi connectivity index (χ1v) is 32.2. The van der Waals surface area contributed by atoms with Crippen LogP contribution in [0, 0.1) is 0 Å². The Balaban J connectivity index is 4.09. The number of unbranched alkanes of at least 4 members (excludes halogenated alkanes) is 21. The van der Waals surface area contributed by atoms with Crippen molar-refractivity contribution in [1.82, 2.24) is 0 Å². The van der Waals surface area contributed by atoms with Crippen LogP contribution in [0.3, 0.4) is 0 Å². The number of hydrogen-bond donors (Lipinski definition) is 2. The third kappa shape index (κ3) is 61.2. The smallest absolute Gasteiger partial charge is 0.462 e. The number of nitrogens with two attached hydrogens (primary N) is 1. The van der Waals surface area contributed by atoms with Gasteiger partial charge in [-0.1, -0.05) is 257 Å². The fraction of sp³-hybridized carbons (Fsp3) is 0.642. The van der Waals surface area contributed by atoms with Crippen LogP contribution in [-0.2, 0) is 32.7 Å². The summed E-state index contributed by atoms with van der Waals surface area (Å²) in [5.41, 5.74) is 5.38. The quantitative estimate of drug-likeness (QED) is 0.0264. The number of phosphoric acid groups is 1. The lowest BCUT2D eigenvalue weighted by Gasteiger charge is -2.19. The van der Waals surface area contributed by atoms with Gasteiger partial charge in [-0.05, 0) is 109 Å². The minimum Gasteiger partial charge on any atom is -0.462 e. The lowest BCUT2D eigenvalue weighted by atomic mass is 10.0. The number of carbonyl (C=O) groups excluding carboxylic acids is 2. The summed E-state index contributed by atoms with van der Waals surface area (Å²) in [6.07, 6.45) is 86.6. The number of carbonyl (C=O) groups is 2. The highest BCUT2D eigenvalue weighted by atomic mass is 31.2. The van der Waals surface area contributed by atoms with Crippen molar-refractivity contribution in [3.63, 3.8) is 0 Å². The van der Waals surface area contributed by atoms with E-state index in [0.29, 0.717) is 12.8 Å². The molecule has 438 valence electrons. The monoisotopic (exact) mass is 1090 g/mol. The highest BCUT2D eigenvalue weighted by molar-refractivity contribution is 7.47. The Labute approximate surface area is 472 Å². The van der Waals surface area contributed by atoms with Gasteiger partial charge in [-0.3, -0.25) is 18.6 Å². The van der Waals surface area contributed by atoms with Crippen molar-refractivity contribution in [2.75, 3.05) is 26.4 Å². The predicted molar refractivity (Wildman–Crippen MR) is 330 cm³/mol. The number of rotatable bonds is 56. The van der Waals surface area contributed by atoms with Gasteiger partial charge in [-0.15, -0.1) is 0 Å². The van der Waals surface area contributed by atoms with Crippen LogP contribution in [0.15, 0.2) is 134 Å². The van der Waals surface area contributed by atoms with Crippen LogP contribution in [0.2, 0.25) is 0 Å². The topological polar surface area (TPSA) is 134 Å². The van der Waals surface area contributed by atoms with Gasteiger partial charge >= 0.3 is 19.8 Å². The molecule has 9 nitrogen and oxygen atoms in total. The van der Waals surface area contributed by atoms with Crippen LogP contribution >= 0.6 is 7.82 Å². The molecule has 0 radical (unpaired) electrons. The van der Waals surface area contributed by atoms with Crippen LogP contribution in [0.25, 0.3) is 0 Å². The predicted octanol–water partition coefficient (Wildman–Crippen LogP) is 19.7. The highest BCUT2D eigenvalue weighted by Gasteiger charge is 2.26. The van der Waals surface area contributed by atoms with Crippen LogP contribution in [0.1, 0.15) is 245 Å². The van der Waals surface area contributed by atoms with Crippen molar-refractivity contribution in [3.8, 4) is 0 Å². The van der Waals surface area contributed by atoms with Gasteiger partial charge in [-0.25, -0.2) is 4.57 Å². The lowest BCUT2D eigenvalue weighted by molar-refractivity contribution is -0.161. The number of phosphoric ester groups is 1. The largest absolute Gasteiger partial charge is 0.472 e. The van der Waals surface area contributed by atoms with Crippen molar-refractivity contribution in [2.24, 2.45) is 5.73 Å². The number of allylic oxidation sites excluding steroid dienone is 22. The summed E-state index contributed by atoms with van der Waals surface area (Å²) < 4.78 is 33.0. The molecule has 0 saturated carbocycles. The van der Waals surface area contributed by atoms with Crippen molar-refractivity contribution in [2.45, 2.75) is 251 Å². The summed E-state index contributed by atoms with van der Waals surface area (Å²) in [6, 6.07) is 0. The second-order valence-corrected chi connectivity index (χ2v) is 21.3. The first-order valence-electron chi connectivity index (χ1n) is 30.7. The van der Waals surface area contributed by atoms with Gasteiger partial charge in [0, 0.05) is 19.4 Å². The summed E-state index contributed by atoms with van der Waals surface area (Å²) in [5, 5.41) is 0. The highest BCUT2D eigenvalue weighted by Crippen LogP contribution is 2.43. The molecule has 77 heavy (non-hydrogen) atoms. The van der Waals surface area contributed by atoms with E-state index in [2.05, 4.69) is 141 Å². The van der Waals surface area contributed by atoms with Gasteiger partial charge in [0.05, 0.1) is 13.2 Å². The lowest BCUT2D eigenvalue weighted by Crippen LogP contribution is -2.29.